The molecule has 0 saturated carbocycles. The van der Waals surface area contributed by atoms with Crippen LogP contribution in [0.2, 0.25) is 20.1 Å². The zero-order chi connectivity index (χ0) is 40.9. The fraction of sp³-hybridized carbons (Fsp3) is 0.250. The third-order valence-corrected chi connectivity index (χ3v) is 13.0. The van der Waals surface area contributed by atoms with Gasteiger partial charge in [-0.2, -0.15) is 27.0 Å². The van der Waals surface area contributed by atoms with Crippen LogP contribution in [0, 0.1) is 0 Å². The van der Waals surface area contributed by atoms with Gasteiger partial charge in [-0.05, 0) is 84.6 Å². The molecule has 0 amide bonds. The molecule has 0 unspecified atom stereocenters. The Morgan fingerprint density at radius 2 is 0.983 bits per heavy atom. The van der Waals surface area contributed by atoms with Crippen LogP contribution in [0.4, 0.5) is 0 Å². The normalized spacial score (nSPS) is 13.1. The average Bonchev–Trinajstić information content (AvgIpc) is 3.91. The van der Waals surface area contributed by atoms with Crippen molar-refractivity contribution in [1.82, 2.24) is 19.6 Å². The summed E-state index contributed by atoms with van der Waals surface area (Å²) < 4.78 is 82.3. The van der Waals surface area contributed by atoms with E-state index < -0.39 is 20.2 Å². The Kier molecular flexibility index (Phi) is 11.5. The van der Waals surface area contributed by atoms with E-state index in [9.17, 15) is 25.9 Å². The Hall–Kier alpha value is -3.80. The maximum absolute atomic E-state index is 11.9. The summed E-state index contributed by atoms with van der Waals surface area (Å²) in [6.45, 7) is 1.48. The lowest BCUT2D eigenvalue weighted by Crippen LogP contribution is -2.04. The first-order valence-electron chi connectivity index (χ1n) is 18.2. The molecule has 2 aliphatic rings. The minimum absolute atomic E-state index is 0.174. The van der Waals surface area contributed by atoms with Gasteiger partial charge in [0.05, 0.1) is 67.2 Å². The molecule has 0 bridgehead atoms. The topological polar surface area (TPSA) is 163 Å². The van der Waals surface area contributed by atoms with Gasteiger partial charge in [-0.15, -0.1) is 0 Å². The van der Waals surface area contributed by atoms with Crippen LogP contribution >= 0.6 is 46.4 Å². The zero-order valence-electron chi connectivity index (χ0n) is 30.5. The van der Waals surface area contributed by atoms with E-state index in [-0.39, 0.29) is 23.0 Å². The summed E-state index contributed by atoms with van der Waals surface area (Å²) in [6, 6.07) is 19.3. The van der Waals surface area contributed by atoms with Crippen LogP contribution in [0.15, 0.2) is 82.6 Å². The SMILES string of the molecule is O=S(=O)(O)c1ccc2c(c1)Cc1c(COCCCCCCOCc3nn(-c4ccc(Cl)cc4Cl)c4c3Cc3cc(S(=O)(=O)O)ccc3-4)nn(-c3ccc(Cl)cc3Cl)c1-2. The van der Waals surface area contributed by atoms with Gasteiger partial charge in [0.15, 0.2) is 0 Å². The van der Waals surface area contributed by atoms with Crippen LogP contribution in [0.1, 0.15) is 59.3 Å². The van der Waals surface area contributed by atoms with Gasteiger partial charge in [0, 0.05) is 58.4 Å². The van der Waals surface area contributed by atoms with Crippen molar-refractivity contribution in [3.05, 3.63) is 127 Å². The molecule has 12 nitrogen and oxygen atoms in total. The number of fused-ring (bicyclic) bond motifs is 6. The second kappa shape index (κ2) is 16.3. The molecule has 302 valence electrons. The molecular formula is C40H34Cl4N4O8S2. The molecule has 2 aromatic heterocycles. The molecule has 6 aromatic rings. The van der Waals surface area contributed by atoms with E-state index in [2.05, 4.69) is 0 Å². The highest BCUT2D eigenvalue weighted by molar-refractivity contribution is 7.86. The van der Waals surface area contributed by atoms with Crippen molar-refractivity contribution in [2.75, 3.05) is 13.2 Å². The predicted octanol–water partition coefficient (Wildman–Crippen LogP) is 9.60. The van der Waals surface area contributed by atoms with Gasteiger partial charge in [0.2, 0.25) is 0 Å². The van der Waals surface area contributed by atoms with Crippen LogP contribution in [-0.4, -0.2) is 58.7 Å². The number of rotatable bonds is 15. The smallest absolute Gasteiger partial charge is 0.294 e. The molecule has 0 radical (unpaired) electrons. The number of hydrogen-bond acceptors (Lipinski definition) is 8. The summed E-state index contributed by atoms with van der Waals surface area (Å²) >= 11 is 25.5. The molecule has 18 heteroatoms. The molecule has 8 rings (SSSR count). The van der Waals surface area contributed by atoms with Crippen molar-refractivity contribution in [2.45, 2.75) is 61.5 Å². The first kappa shape index (κ1) is 41.0. The maximum Gasteiger partial charge on any atom is 0.294 e. The predicted molar refractivity (Wildman–Crippen MR) is 221 cm³/mol. The van der Waals surface area contributed by atoms with E-state index in [0.29, 0.717) is 68.9 Å². The molecule has 0 atom stereocenters. The largest absolute Gasteiger partial charge is 0.375 e. The lowest BCUT2D eigenvalue weighted by Gasteiger charge is -2.10. The Morgan fingerprint density at radius 1 is 0.569 bits per heavy atom. The summed E-state index contributed by atoms with van der Waals surface area (Å²) in [5.41, 5.74) is 9.04. The second-order valence-corrected chi connectivity index (χ2v) is 18.6. The minimum atomic E-state index is -4.37. The standard InChI is InChI=1S/C40H34Cl4N4O8S2/c41-25-5-11-37(33(43)19-25)47-39-29-9-7-27(57(49,50)51)15-23(29)17-31(39)35(45-47)21-55-13-3-1-2-4-14-56-22-36-32-18-24-16-28(58(52,53)54)8-10-30(24)40(32)48(46-36)38-12-6-26(42)20-34(38)44/h5-12,15-16,19-20H,1-4,13-14,17-18,21-22H2,(H,49,50,51)(H,52,53,54). The third kappa shape index (κ3) is 8.20. The van der Waals surface area contributed by atoms with Crippen molar-refractivity contribution in [3.8, 4) is 33.9 Å². The van der Waals surface area contributed by atoms with Gasteiger partial charge in [0.1, 0.15) is 0 Å². The van der Waals surface area contributed by atoms with Gasteiger partial charge in [-0.1, -0.05) is 71.4 Å². The van der Waals surface area contributed by atoms with Crippen LogP contribution in [-0.2, 0) is 55.8 Å². The van der Waals surface area contributed by atoms with E-state index in [1.54, 1.807) is 57.9 Å². The summed E-state index contributed by atoms with van der Waals surface area (Å²) in [6.07, 6.45) is 4.27. The fourth-order valence-corrected chi connectivity index (χ4v) is 9.54. The monoisotopic (exact) mass is 902 g/mol. The maximum atomic E-state index is 11.9. The van der Waals surface area contributed by atoms with Crippen molar-refractivity contribution in [2.24, 2.45) is 0 Å². The van der Waals surface area contributed by atoms with Crippen LogP contribution in [0.5, 0.6) is 0 Å². The molecule has 58 heavy (non-hydrogen) atoms. The molecular weight excluding hydrogens is 870 g/mol. The van der Waals surface area contributed by atoms with Crippen LogP contribution < -0.4 is 0 Å². The van der Waals surface area contributed by atoms with Crippen LogP contribution in [0.25, 0.3) is 33.9 Å². The first-order chi connectivity index (χ1) is 27.7. The Labute approximate surface area is 354 Å². The van der Waals surface area contributed by atoms with E-state index in [1.165, 1.54) is 24.3 Å². The molecule has 2 N–H and O–H groups in total. The molecule has 2 aliphatic carbocycles. The molecule has 0 fully saturated rings. The average molecular weight is 905 g/mol. The van der Waals surface area contributed by atoms with Gasteiger partial charge < -0.3 is 9.47 Å². The Balaban J connectivity index is 0.864. The summed E-state index contributed by atoms with van der Waals surface area (Å²) in [4.78, 5) is -0.347. The van der Waals surface area contributed by atoms with Crippen molar-refractivity contribution in [1.29, 1.82) is 0 Å². The minimum Gasteiger partial charge on any atom is -0.375 e. The quantitative estimate of drug-likeness (QED) is 0.0748. The van der Waals surface area contributed by atoms with Gasteiger partial charge in [-0.25, -0.2) is 9.36 Å². The number of hydrogen-bond donors (Lipinski definition) is 2. The van der Waals surface area contributed by atoms with E-state index >= 15 is 0 Å². The van der Waals surface area contributed by atoms with E-state index in [1.807, 2.05) is 0 Å². The first-order valence-corrected chi connectivity index (χ1v) is 22.6. The van der Waals surface area contributed by atoms with E-state index in [0.717, 1.165) is 70.5 Å². The molecule has 0 saturated heterocycles. The number of benzene rings is 4. The highest BCUT2D eigenvalue weighted by Gasteiger charge is 2.32. The third-order valence-electron chi connectivity index (χ3n) is 10.2. The number of nitrogens with zero attached hydrogens (tertiary/aromatic N) is 4. The molecule has 4 aromatic carbocycles. The lowest BCUT2D eigenvalue weighted by molar-refractivity contribution is 0.105. The Morgan fingerprint density at radius 3 is 1.36 bits per heavy atom. The highest BCUT2D eigenvalue weighted by atomic mass is 35.5. The number of unbranched alkanes of at least 4 members (excludes halogenated alkanes) is 3. The zero-order valence-corrected chi connectivity index (χ0v) is 35.1. The fourth-order valence-electron chi connectivity index (χ4n) is 7.50. The summed E-state index contributed by atoms with van der Waals surface area (Å²) in [5, 5.41) is 11.5. The molecule has 0 aliphatic heterocycles. The van der Waals surface area contributed by atoms with Gasteiger partial charge in [0.25, 0.3) is 20.2 Å². The van der Waals surface area contributed by atoms with Gasteiger partial charge in [-0.3, -0.25) is 9.11 Å². The summed E-state index contributed by atoms with van der Waals surface area (Å²) in [5.74, 6) is 0. The highest BCUT2D eigenvalue weighted by Crippen LogP contribution is 2.44. The van der Waals surface area contributed by atoms with Crippen molar-refractivity contribution in [3.63, 3.8) is 0 Å². The molecule has 0 spiro atoms. The number of halogens is 4. The van der Waals surface area contributed by atoms with E-state index in [4.69, 9.17) is 66.1 Å². The van der Waals surface area contributed by atoms with Crippen LogP contribution in [0.3, 0.4) is 0 Å². The second-order valence-electron chi connectivity index (χ2n) is 14.0. The lowest BCUT2D eigenvalue weighted by atomic mass is 10.1. The van der Waals surface area contributed by atoms with Crippen molar-refractivity contribution < 1.29 is 35.4 Å². The molecule has 2 heterocycles. The number of aromatic nitrogens is 4. The Bertz CT molecular complexity index is 2630. The number of ether oxygens (including phenoxy) is 2. The van der Waals surface area contributed by atoms with Gasteiger partial charge >= 0.3 is 0 Å². The van der Waals surface area contributed by atoms with Crippen molar-refractivity contribution >= 4 is 66.6 Å². The summed E-state index contributed by atoms with van der Waals surface area (Å²) in [7, 11) is -8.75.